The summed E-state index contributed by atoms with van der Waals surface area (Å²) in [6, 6.07) is 1.68. The van der Waals surface area contributed by atoms with Gasteiger partial charge in [-0.05, 0) is 13.0 Å². The zero-order valence-electron chi connectivity index (χ0n) is 7.86. The summed E-state index contributed by atoms with van der Waals surface area (Å²) in [5.74, 6) is -0.900. The van der Waals surface area contributed by atoms with Crippen molar-refractivity contribution in [2.75, 3.05) is 6.61 Å². The number of carboxylic acid groups (broad SMARTS) is 1. The minimum absolute atomic E-state index is 0.0328. The maximum atomic E-state index is 10.6. The lowest BCUT2D eigenvalue weighted by atomic mass is 10.3. The van der Waals surface area contributed by atoms with Crippen LogP contribution in [0, 0.1) is 0 Å². The van der Waals surface area contributed by atoms with Gasteiger partial charge in [-0.1, -0.05) is 0 Å². The fourth-order valence-corrected chi connectivity index (χ4v) is 1.73. The first kappa shape index (κ1) is 11.2. The maximum Gasteiger partial charge on any atom is 0.336 e. The first-order valence-electron chi connectivity index (χ1n) is 4.28. The van der Waals surface area contributed by atoms with Crippen molar-refractivity contribution in [1.29, 1.82) is 0 Å². The van der Waals surface area contributed by atoms with E-state index >= 15 is 0 Å². The van der Waals surface area contributed by atoms with Gasteiger partial charge in [0.05, 0.1) is 12.2 Å². The average Bonchev–Trinajstić information content (AvgIpc) is 2.62. The van der Waals surface area contributed by atoms with Crippen LogP contribution < -0.4 is 5.32 Å². The molecule has 0 aliphatic carbocycles. The highest BCUT2D eigenvalue weighted by molar-refractivity contribution is 7.10. The van der Waals surface area contributed by atoms with Crippen LogP contribution in [0.2, 0.25) is 0 Å². The Hall–Kier alpha value is -0.910. The lowest BCUT2D eigenvalue weighted by Gasteiger charge is -2.08. The predicted molar refractivity (Wildman–Crippen MR) is 54.7 cm³/mol. The third-order valence-electron chi connectivity index (χ3n) is 1.80. The SMILES string of the molecule is C[C@H](CO)NCc1cc(C(=O)O)cs1. The molecule has 0 saturated heterocycles. The van der Waals surface area contributed by atoms with Gasteiger partial charge in [0.1, 0.15) is 0 Å². The van der Waals surface area contributed by atoms with Gasteiger partial charge in [-0.3, -0.25) is 0 Å². The van der Waals surface area contributed by atoms with Crippen molar-refractivity contribution < 1.29 is 15.0 Å². The lowest BCUT2D eigenvalue weighted by Crippen LogP contribution is -2.28. The Kier molecular flexibility index (Phi) is 4.06. The smallest absolute Gasteiger partial charge is 0.336 e. The molecule has 0 saturated carbocycles. The summed E-state index contributed by atoms with van der Waals surface area (Å²) in [7, 11) is 0. The summed E-state index contributed by atoms with van der Waals surface area (Å²) in [5.41, 5.74) is 0.323. The first-order chi connectivity index (χ1) is 6.63. The number of nitrogens with one attached hydrogen (secondary N) is 1. The van der Waals surface area contributed by atoms with Gasteiger partial charge in [-0.15, -0.1) is 11.3 Å². The van der Waals surface area contributed by atoms with Crippen LogP contribution in [0.4, 0.5) is 0 Å². The number of hydrogen-bond donors (Lipinski definition) is 3. The summed E-state index contributed by atoms with van der Waals surface area (Å²) in [4.78, 5) is 11.5. The van der Waals surface area contributed by atoms with Gasteiger partial charge in [0.15, 0.2) is 0 Å². The molecule has 0 aromatic carbocycles. The molecule has 0 unspecified atom stereocenters. The van der Waals surface area contributed by atoms with Crippen LogP contribution in [0.3, 0.4) is 0 Å². The highest BCUT2D eigenvalue weighted by Crippen LogP contribution is 2.14. The Morgan fingerprint density at radius 3 is 2.93 bits per heavy atom. The Balaban J connectivity index is 2.48. The van der Waals surface area contributed by atoms with Crippen molar-refractivity contribution in [1.82, 2.24) is 5.32 Å². The number of aromatic carboxylic acids is 1. The van der Waals surface area contributed by atoms with Gasteiger partial charge in [0.25, 0.3) is 0 Å². The van der Waals surface area contributed by atoms with E-state index in [0.717, 1.165) is 4.88 Å². The van der Waals surface area contributed by atoms with E-state index in [0.29, 0.717) is 12.1 Å². The van der Waals surface area contributed by atoms with Crippen molar-refractivity contribution in [2.24, 2.45) is 0 Å². The molecule has 0 aliphatic rings. The number of aliphatic hydroxyl groups excluding tert-OH is 1. The number of thiophene rings is 1. The summed E-state index contributed by atoms with van der Waals surface area (Å²) in [6.45, 7) is 2.54. The average molecular weight is 215 g/mol. The maximum absolute atomic E-state index is 10.6. The van der Waals surface area contributed by atoms with Crippen LogP contribution in [-0.4, -0.2) is 28.8 Å². The zero-order chi connectivity index (χ0) is 10.6. The van der Waals surface area contributed by atoms with E-state index in [1.807, 2.05) is 6.92 Å². The largest absolute Gasteiger partial charge is 0.478 e. The monoisotopic (exact) mass is 215 g/mol. The fourth-order valence-electron chi connectivity index (χ4n) is 0.925. The van der Waals surface area contributed by atoms with Crippen molar-refractivity contribution in [2.45, 2.75) is 19.5 Å². The molecule has 1 atom stereocenters. The van der Waals surface area contributed by atoms with Gasteiger partial charge < -0.3 is 15.5 Å². The molecule has 0 bridgehead atoms. The predicted octanol–water partition coefficient (Wildman–Crippen LogP) is 0.917. The Morgan fingerprint density at radius 2 is 2.43 bits per heavy atom. The number of hydrogen-bond acceptors (Lipinski definition) is 4. The molecule has 5 heteroatoms. The molecule has 0 radical (unpaired) electrons. The van der Waals surface area contributed by atoms with Crippen LogP contribution in [0.25, 0.3) is 0 Å². The molecule has 0 amide bonds. The Bertz CT molecular complexity index is 311. The van der Waals surface area contributed by atoms with Gasteiger partial charge in [-0.2, -0.15) is 0 Å². The van der Waals surface area contributed by atoms with Crippen molar-refractivity contribution >= 4 is 17.3 Å². The molecule has 1 heterocycles. The lowest BCUT2D eigenvalue weighted by molar-refractivity contribution is 0.0697. The summed E-state index contributed by atoms with van der Waals surface area (Å²) < 4.78 is 0. The van der Waals surface area contributed by atoms with Crippen LogP contribution >= 0.6 is 11.3 Å². The molecule has 4 nitrogen and oxygen atoms in total. The molecular formula is C9H13NO3S. The van der Waals surface area contributed by atoms with Gasteiger partial charge >= 0.3 is 5.97 Å². The number of carboxylic acids is 1. The topological polar surface area (TPSA) is 69.6 Å². The molecule has 14 heavy (non-hydrogen) atoms. The van der Waals surface area contributed by atoms with E-state index < -0.39 is 5.97 Å². The fraction of sp³-hybridized carbons (Fsp3) is 0.444. The second-order valence-corrected chi connectivity index (χ2v) is 4.07. The highest BCUT2D eigenvalue weighted by Gasteiger charge is 2.06. The molecule has 0 aliphatic heterocycles. The van der Waals surface area contributed by atoms with E-state index in [2.05, 4.69) is 5.32 Å². The second kappa shape index (κ2) is 5.09. The van der Waals surface area contributed by atoms with Crippen LogP contribution in [-0.2, 0) is 6.54 Å². The Labute approximate surface area is 86.2 Å². The molecular weight excluding hydrogens is 202 g/mol. The van der Waals surface area contributed by atoms with Crippen molar-refractivity contribution in [3.8, 4) is 0 Å². The molecule has 0 spiro atoms. The summed E-state index contributed by atoms with van der Waals surface area (Å²) in [5, 5.41) is 22.1. The van der Waals surface area contributed by atoms with E-state index in [-0.39, 0.29) is 12.6 Å². The van der Waals surface area contributed by atoms with Crippen LogP contribution in [0.15, 0.2) is 11.4 Å². The van der Waals surface area contributed by atoms with E-state index in [9.17, 15) is 4.79 Å². The second-order valence-electron chi connectivity index (χ2n) is 3.07. The molecule has 0 fully saturated rings. The zero-order valence-corrected chi connectivity index (χ0v) is 8.67. The third kappa shape index (κ3) is 3.10. The molecule has 1 rings (SSSR count). The van der Waals surface area contributed by atoms with E-state index in [4.69, 9.17) is 10.2 Å². The number of carbonyl (C=O) groups is 1. The summed E-state index contributed by atoms with van der Waals surface area (Å²) >= 11 is 1.41. The van der Waals surface area contributed by atoms with Gasteiger partial charge in [0, 0.05) is 22.8 Å². The van der Waals surface area contributed by atoms with E-state index in [1.54, 1.807) is 11.4 Å². The minimum Gasteiger partial charge on any atom is -0.478 e. The molecule has 1 aromatic rings. The highest BCUT2D eigenvalue weighted by atomic mass is 32.1. The van der Waals surface area contributed by atoms with Crippen LogP contribution in [0.1, 0.15) is 22.2 Å². The minimum atomic E-state index is -0.900. The quantitative estimate of drug-likeness (QED) is 0.683. The van der Waals surface area contributed by atoms with Gasteiger partial charge in [0.2, 0.25) is 0 Å². The van der Waals surface area contributed by atoms with E-state index in [1.165, 1.54) is 11.3 Å². The van der Waals surface area contributed by atoms with Gasteiger partial charge in [-0.25, -0.2) is 4.79 Å². The number of aliphatic hydroxyl groups is 1. The van der Waals surface area contributed by atoms with Crippen molar-refractivity contribution in [3.05, 3.63) is 21.9 Å². The standard InChI is InChI=1S/C9H13NO3S/c1-6(4-11)10-3-8-2-7(5-14-8)9(12)13/h2,5-6,10-11H,3-4H2,1H3,(H,12,13)/t6-/m1/s1. The molecule has 1 aromatic heterocycles. The molecule has 3 N–H and O–H groups in total. The Morgan fingerprint density at radius 1 is 1.71 bits per heavy atom. The summed E-state index contributed by atoms with van der Waals surface area (Å²) in [6.07, 6.45) is 0. The molecule has 78 valence electrons. The normalized spacial score (nSPS) is 12.7. The van der Waals surface area contributed by atoms with Crippen LogP contribution in [0.5, 0.6) is 0 Å². The van der Waals surface area contributed by atoms with Crippen molar-refractivity contribution in [3.63, 3.8) is 0 Å². The third-order valence-corrected chi connectivity index (χ3v) is 2.74. The number of rotatable bonds is 5. The first-order valence-corrected chi connectivity index (χ1v) is 5.16.